The molecule has 88 valence electrons. The quantitative estimate of drug-likeness (QED) is 0.876. The van der Waals surface area contributed by atoms with Gasteiger partial charge in [-0.1, -0.05) is 18.2 Å². The van der Waals surface area contributed by atoms with E-state index in [-0.39, 0.29) is 0 Å². The lowest BCUT2D eigenvalue weighted by Crippen LogP contribution is -2.11. The smallest absolute Gasteiger partial charge is 0.132 e. The van der Waals surface area contributed by atoms with Gasteiger partial charge >= 0.3 is 0 Å². The fourth-order valence-corrected chi connectivity index (χ4v) is 1.70. The molecule has 0 aliphatic heterocycles. The van der Waals surface area contributed by atoms with Gasteiger partial charge in [0.1, 0.15) is 5.82 Å². The molecular formula is C14H17N3. The summed E-state index contributed by atoms with van der Waals surface area (Å²) in [5, 5.41) is 0. The van der Waals surface area contributed by atoms with E-state index in [0.717, 1.165) is 17.1 Å². The highest BCUT2D eigenvalue weighted by Gasteiger charge is 2.04. The number of aromatic nitrogens is 1. The van der Waals surface area contributed by atoms with Crippen molar-refractivity contribution in [2.45, 2.75) is 13.5 Å². The maximum atomic E-state index is 5.55. The lowest BCUT2D eigenvalue weighted by atomic mass is 10.2. The van der Waals surface area contributed by atoms with Crippen LogP contribution < -0.4 is 10.6 Å². The highest BCUT2D eigenvalue weighted by molar-refractivity contribution is 5.59. The van der Waals surface area contributed by atoms with E-state index in [9.17, 15) is 0 Å². The summed E-state index contributed by atoms with van der Waals surface area (Å²) in [4.78, 5) is 6.46. The summed E-state index contributed by atoms with van der Waals surface area (Å²) in [5.41, 5.74) is 8.98. The van der Waals surface area contributed by atoms with Gasteiger partial charge in [-0.3, -0.25) is 0 Å². The molecule has 3 heteroatoms. The third-order valence-electron chi connectivity index (χ3n) is 2.78. The monoisotopic (exact) mass is 227 g/mol. The Labute approximate surface area is 102 Å². The Morgan fingerprint density at radius 3 is 2.65 bits per heavy atom. The van der Waals surface area contributed by atoms with Crippen LogP contribution in [0.5, 0.6) is 0 Å². The summed E-state index contributed by atoms with van der Waals surface area (Å²) in [6.07, 6.45) is 1.82. The Morgan fingerprint density at radius 2 is 2.06 bits per heavy atom. The van der Waals surface area contributed by atoms with Crippen LogP contribution in [0.3, 0.4) is 0 Å². The van der Waals surface area contributed by atoms with Gasteiger partial charge < -0.3 is 10.6 Å². The molecule has 17 heavy (non-hydrogen) atoms. The van der Waals surface area contributed by atoms with E-state index in [1.165, 1.54) is 5.56 Å². The van der Waals surface area contributed by atoms with E-state index in [4.69, 9.17) is 5.73 Å². The number of nitrogens with zero attached hydrogens (tertiary/aromatic N) is 2. The van der Waals surface area contributed by atoms with Crippen LogP contribution in [0.15, 0.2) is 42.6 Å². The second-order valence-corrected chi connectivity index (χ2v) is 4.13. The van der Waals surface area contributed by atoms with Gasteiger partial charge in [0, 0.05) is 25.5 Å². The Kier molecular flexibility index (Phi) is 3.40. The van der Waals surface area contributed by atoms with E-state index in [0.29, 0.717) is 6.54 Å². The SMILES string of the molecule is Cc1cccc(N(C)c2ccc(CN)cn2)c1. The molecule has 1 aromatic heterocycles. The molecule has 1 heterocycles. The summed E-state index contributed by atoms with van der Waals surface area (Å²) < 4.78 is 0. The summed E-state index contributed by atoms with van der Waals surface area (Å²) in [6, 6.07) is 12.3. The fraction of sp³-hybridized carbons (Fsp3) is 0.214. The number of aryl methyl sites for hydroxylation is 1. The maximum absolute atomic E-state index is 5.55. The highest BCUT2D eigenvalue weighted by atomic mass is 15.2. The molecule has 0 atom stereocenters. The van der Waals surface area contributed by atoms with Crippen LogP contribution in [0.1, 0.15) is 11.1 Å². The molecule has 0 fully saturated rings. The molecule has 0 radical (unpaired) electrons. The van der Waals surface area contributed by atoms with Gasteiger partial charge in [-0.05, 0) is 36.2 Å². The molecule has 0 saturated heterocycles. The fourth-order valence-electron chi connectivity index (χ4n) is 1.70. The first kappa shape index (κ1) is 11.6. The normalized spacial score (nSPS) is 10.3. The summed E-state index contributed by atoms with van der Waals surface area (Å²) in [7, 11) is 2.01. The zero-order valence-corrected chi connectivity index (χ0v) is 10.2. The first-order chi connectivity index (χ1) is 8.20. The molecular weight excluding hydrogens is 210 g/mol. The maximum Gasteiger partial charge on any atom is 0.132 e. The van der Waals surface area contributed by atoms with Crippen molar-refractivity contribution in [2.24, 2.45) is 5.73 Å². The Hall–Kier alpha value is -1.87. The van der Waals surface area contributed by atoms with Crippen molar-refractivity contribution in [3.8, 4) is 0 Å². The first-order valence-corrected chi connectivity index (χ1v) is 5.66. The molecule has 2 N–H and O–H groups in total. The van der Waals surface area contributed by atoms with E-state index in [2.05, 4.69) is 41.1 Å². The second kappa shape index (κ2) is 4.97. The van der Waals surface area contributed by atoms with Gasteiger partial charge in [-0.25, -0.2) is 4.98 Å². The van der Waals surface area contributed by atoms with E-state index < -0.39 is 0 Å². The minimum Gasteiger partial charge on any atom is -0.329 e. The van der Waals surface area contributed by atoms with E-state index in [1.54, 1.807) is 0 Å². The van der Waals surface area contributed by atoms with Gasteiger partial charge in [-0.2, -0.15) is 0 Å². The Morgan fingerprint density at radius 1 is 1.24 bits per heavy atom. The molecule has 0 amide bonds. The third kappa shape index (κ3) is 2.63. The molecule has 3 nitrogen and oxygen atoms in total. The van der Waals surface area contributed by atoms with Crippen LogP contribution in [-0.4, -0.2) is 12.0 Å². The minimum absolute atomic E-state index is 0.529. The molecule has 0 bridgehead atoms. The lowest BCUT2D eigenvalue weighted by molar-refractivity contribution is 1.03. The van der Waals surface area contributed by atoms with Crippen molar-refractivity contribution >= 4 is 11.5 Å². The first-order valence-electron chi connectivity index (χ1n) is 5.66. The third-order valence-corrected chi connectivity index (χ3v) is 2.78. The van der Waals surface area contributed by atoms with Gasteiger partial charge in [0.2, 0.25) is 0 Å². The van der Waals surface area contributed by atoms with Crippen LogP contribution in [-0.2, 0) is 6.54 Å². The van der Waals surface area contributed by atoms with Gasteiger partial charge in [0.15, 0.2) is 0 Å². The van der Waals surface area contributed by atoms with Gasteiger partial charge in [-0.15, -0.1) is 0 Å². The molecule has 0 spiro atoms. The summed E-state index contributed by atoms with van der Waals surface area (Å²) in [6.45, 7) is 2.61. The highest BCUT2D eigenvalue weighted by Crippen LogP contribution is 2.22. The summed E-state index contributed by atoms with van der Waals surface area (Å²) in [5.74, 6) is 0.924. The predicted molar refractivity (Wildman–Crippen MR) is 71.4 cm³/mol. The average Bonchev–Trinajstić information content (AvgIpc) is 2.38. The average molecular weight is 227 g/mol. The van der Waals surface area contributed by atoms with Crippen LogP contribution in [0.25, 0.3) is 0 Å². The second-order valence-electron chi connectivity index (χ2n) is 4.13. The number of anilines is 2. The molecule has 2 aromatic rings. The van der Waals surface area contributed by atoms with E-state index >= 15 is 0 Å². The molecule has 0 unspecified atom stereocenters. The van der Waals surface area contributed by atoms with E-state index in [1.807, 2.05) is 25.4 Å². The number of pyridine rings is 1. The standard InChI is InChI=1S/C14H17N3/c1-11-4-3-5-13(8-11)17(2)14-7-6-12(9-15)10-16-14/h3-8,10H,9,15H2,1-2H3. The number of benzene rings is 1. The zero-order valence-electron chi connectivity index (χ0n) is 10.2. The van der Waals surface area contributed by atoms with Crippen molar-refractivity contribution in [3.63, 3.8) is 0 Å². The summed E-state index contributed by atoms with van der Waals surface area (Å²) >= 11 is 0. The zero-order chi connectivity index (χ0) is 12.3. The largest absolute Gasteiger partial charge is 0.329 e. The number of rotatable bonds is 3. The predicted octanol–water partition coefficient (Wildman–Crippen LogP) is 2.62. The topological polar surface area (TPSA) is 42.1 Å². The van der Waals surface area contributed by atoms with Gasteiger partial charge in [0.25, 0.3) is 0 Å². The van der Waals surface area contributed by atoms with Crippen molar-refractivity contribution in [1.29, 1.82) is 0 Å². The lowest BCUT2D eigenvalue weighted by Gasteiger charge is -2.18. The molecule has 2 rings (SSSR count). The molecule has 0 aliphatic rings. The Balaban J connectivity index is 2.27. The number of nitrogens with two attached hydrogens (primary N) is 1. The number of hydrogen-bond acceptors (Lipinski definition) is 3. The van der Waals surface area contributed by atoms with Crippen molar-refractivity contribution in [1.82, 2.24) is 4.98 Å². The molecule has 1 aromatic carbocycles. The van der Waals surface area contributed by atoms with Crippen LogP contribution in [0.4, 0.5) is 11.5 Å². The van der Waals surface area contributed by atoms with Crippen molar-refractivity contribution in [3.05, 3.63) is 53.7 Å². The molecule has 0 aliphatic carbocycles. The van der Waals surface area contributed by atoms with Crippen molar-refractivity contribution < 1.29 is 0 Å². The number of hydrogen-bond donors (Lipinski definition) is 1. The van der Waals surface area contributed by atoms with Crippen LogP contribution in [0, 0.1) is 6.92 Å². The Bertz CT molecular complexity index is 491. The van der Waals surface area contributed by atoms with Crippen LogP contribution >= 0.6 is 0 Å². The minimum atomic E-state index is 0.529. The van der Waals surface area contributed by atoms with Crippen LogP contribution in [0.2, 0.25) is 0 Å². The van der Waals surface area contributed by atoms with Gasteiger partial charge in [0.05, 0.1) is 0 Å². The van der Waals surface area contributed by atoms with Crippen molar-refractivity contribution in [2.75, 3.05) is 11.9 Å². The molecule has 0 saturated carbocycles.